The Morgan fingerprint density at radius 3 is 2.84 bits per heavy atom. The number of rotatable bonds is 5. The van der Waals surface area contributed by atoms with Gasteiger partial charge in [0, 0.05) is 23.7 Å². The minimum Gasteiger partial charge on any atom is -0.508 e. The molecule has 5 heteroatoms. The summed E-state index contributed by atoms with van der Waals surface area (Å²) in [6, 6.07) is 7.50. The lowest BCUT2D eigenvalue weighted by Crippen LogP contribution is -1.97. The summed E-state index contributed by atoms with van der Waals surface area (Å²) in [4.78, 5) is 14.0. The number of carbonyl (C=O) groups is 1. The van der Waals surface area contributed by atoms with E-state index in [1.165, 1.54) is 18.3 Å². The molecule has 0 fully saturated rings. The average Bonchev–Trinajstić information content (AvgIpc) is 2.42. The zero-order valence-corrected chi connectivity index (χ0v) is 10.0. The molecule has 0 spiro atoms. The van der Waals surface area contributed by atoms with E-state index in [1.807, 2.05) is 0 Å². The van der Waals surface area contributed by atoms with Gasteiger partial charge < -0.3 is 14.6 Å². The van der Waals surface area contributed by atoms with Crippen LogP contribution in [0.15, 0.2) is 36.5 Å². The van der Waals surface area contributed by atoms with Crippen molar-refractivity contribution in [2.45, 2.75) is 13.0 Å². The fraction of sp³-hybridized carbons (Fsp3) is 0.143. The zero-order valence-electron chi connectivity index (χ0n) is 10.0. The van der Waals surface area contributed by atoms with Gasteiger partial charge >= 0.3 is 0 Å². The van der Waals surface area contributed by atoms with Crippen molar-refractivity contribution in [3.8, 4) is 11.5 Å². The largest absolute Gasteiger partial charge is 0.508 e. The minimum atomic E-state index is -0.540. The maximum absolute atomic E-state index is 12.6. The van der Waals surface area contributed by atoms with Gasteiger partial charge in [-0.1, -0.05) is 0 Å². The molecule has 2 rings (SSSR count). The van der Waals surface area contributed by atoms with Crippen molar-refractivity contribution < 1.29 is 19.0 Å². The molecule has 0 bridgehead atoms. The lowest BCUT2D eigenvalue weighted by molar-refractivity contribution is -0.107. The number of halogens is 1. The van der Waals surface area contributed by atoms with Gasteiger partial charge in [-0.3, -0.25) is 0 Å². The first-order valence-corrected chi connectivity index (χ1v) is 5.68. The molecule has 98 valence electrons. The zero-order chi connectivity index (χ0) is 13.7. The standard InChI is InChI=1S/C14H12FNO3/c15-14-4-1-10(8-16-14)9-19-12-2-3-13(18)11(7-12)5-6-17/h1-4,6-8,18H,5,9H2. The van der Waals surface area contributed by atoms with Gasteiger partial charge in [0.25, 0.3) is 0 Å². The number of aromatic nitrogens is 1. The molecule has 0 atom stereocenters. The number of phenolic OH excluding ortho intramolecular Hbond substituents is 1. The van der Waals surface area contributed by atoms with Gasteiger partial charge in [0.2, 0.25) is 5.95 Å². The summed E-state index contributed by atoms with van der Waals surface area (Å²) in [5.74, 6) is 0.0449. The van der Waals surface area contributed by atoms with Crippen LogP contribution in [0.3, 0.4) is 0 Å². The molecule has 4 nitrogen and oxygen atoms in total. The van der Waals surface area contributed by atoms with E-state index in [-0.39, 0.29) is 18.8 Å². The molecule has 1 aromatic carbocycles. The van der Waals surface area contributed by atoms with Crippen molar-refractivity contribution in [3.05, 3.63) is 53.6 Å². The number of carbonyl (C=O) groups excluding carboxylic acids is 1. The van der Waals surface area contributed by atoms with Gasteiger partial charge in [0.05, 0.1) is 0 Å². The van der Waals surface area contributed by atoms with E-state index >= 15 is 0 Å². The normalized spacial score (nSPS) is 10.2. The fourth-order valence-electron chi connectivity index (χ4n) is 1.56. The maximum Gasteiger partial charge on any atom is 0.212 e. The number of hydrogen-bond donors (Lipinski definition) is 1. The number of aromatic hydroxyl groups is 1. The Morgan fingerprint density at radius 1 is 1.32 bits per heavy atom. The van der Waals surface area contributed by atoms with Gasteiger partial charge in [-0.15, -0.1) is 0 Å². The van der Waals surface area contributed by atoms with Gasteiger partial charge in [0.15, 0.2) is 0 Å². The molecule has 0 aliphatic carbocycles. The smallest absolute Gasteiger partial charge is 0.212 e. The van der Waals surface area contributed by atoms with E-state index in [0.29, 0.717) is 17.6 Å². The second-order valence-corrected chi connectivity index (χ2v) is 3.94. The molecule has 0 aliphatic heterocycles. The van der Waals surface area contributed by atoms with Gasteiger partial charge in [-0.25, -0.2) is 4.98 Å². The molecule has 0 amide bonds. The van der Waals surface area contributed by atoms with Crippen molar-refractivity contribution >= 4 is 6.29 Å². The van der Waals surface area contributed by atoms with Crippen molar-refractivity contribution in [3.63, 3.8) is 0 Å². The predicted octanol–water partition coefficient (Wildman–Crippen LogP) is 2.25. The van der Waals surface area contributed by atoms with Crippen LogP contribution < -0.4 is 4.74 Å². The third-order valence-corrected chi connectivity index (χ3v) is 2.55. The molecule has 0 saturated heterocycles. The van der Waals surface area contributed by atoms with E-state index < -0.39 is 5.95 Å². The third-order valence-electron chi connectivity index (χ3n) is 2.55. The predicted molar refractivity (Wildman–Crippen MR) is 66.4 cm³/mol. The molecule has 0 aliphatic rings. The number of ether oxygens (including phenoxy) is 1. The highest BCUT2D eigenvalue weighted by Crippen LogP contribution is 2.23. The van der Waals surface area contributed by atoms with Crippen molar-refractivity contribution in [1.29, 1.82) is 0 Å². The van der Waals surface area contributed by atoms with Crippen LogP contribution in [0, 0.1) is 5.95 Å². The SMILES string of the molecule is O=CCc1cc(OCc2ccc(F)nc2)ccc1O. The first-order chi connectivity index (χ1) is 9.19. The topological polar surface area (TPSA) is 59.4 Å². The summed E-state index contributed by atoms with van der Waals surface area (Å²) in [7, 11) is 0. The Balaban J connectivity index is 2.05. The molecular weight excluding hydrogens is 249 g/mol. The molecule has 2 aromatic rings. The minimum absolute atomic E-state index is 0.0582. The molecule has 19 heavy (non-hydrogen) atoms. The first kappa shape index (κ1) is 13.0. The summed E-state index contributed by atoms with van der Waals surface area (Å²) >= 11 is 0. The molecule has 1 N–H and O–H groups in total. The number of nitrogens with zero attached hydrogens (tertiary/aromatic N) is 1. The Kier molecular flexibility index (Phi) is 4.07. The number of phenols is 1. The van der Waals surface area contributed by atoms with Crippen LogP contribution in [0.25, 0.3) is 0 Å². The lowest BCUT2D eigenvalue weighted by atomic mass is 10.1. The van der Waals surface area contributed by atoms with Crippen molar-refractivity contribution in [2.75, 3.05) is 0 Å². The Bertz CT molecular complexity index is 569. The van der Waals surface area contributed by atoms with Crippen LogP contribution in [0.2, 0.25) is 0 Å². The highest BCUT2D eigenvalue weighted by atomic mass is 19.1. The number of pyridine rings is 1. The number of hydrogen-bond acceptors (Lipinski definition) is 4. The first-order valence-electron chi connectivity index (χ1n) is 5.68. The van der Waals surface area contributed by atoms with Crippen LogP contribution in [-0.2, 0) is 17.8 Å². The summed E-state index contributed by atoms with van der Waals surface area (Å²) in [5, 5.41) is 9.52. The highest BCUT2D eigenvalue weighted by molar-refractivity contribution is 5.58. The fourth-order valence-corrected chi connectivity index (χ4v) is 1.56. The second-order valence-electron chi connectivity index (χ2n) is 3.94. The van der Waals surface area contributed by atoms with Gasteiger partial charge in [0.1, 0.15) is 24.4 Å². The Labute approximate surface area is 109 Å². The summed E-state index contributed by atoms with van der Waals surface area (Å²) < 4.78 is 18.1. The van der Waals surface area contributed by atoms with E-state index in [2.05, 4.69) is 4.98 Å². The Hall–Kier alpha value is -2.43. The average molecular weight is 261 g/mol. The Morgan fingerprint density at radius 2 is 2.16 bits per heavy atom. The number of aldehydes is 1. The van der Waals surface area contributed by atoms with Crippen LogP contribution in [0.5, 0.6) is 11.5 Å². The molecule has 0 unspecified atom stereocenters. The molecule has 0 radical (unpaired) electrons. The maximum atomic E-state index is 12.6. The van der Waals surface area contributed by atoms with Gasteiger partial charge in [-0.2, -0.15) is 4.39 Å². The number of benzene rings is 1. The quantitative estimate of drug-likeness (QED) is 0.662. The summed E-state index contributed by atoms with van der Waals surface area (Å²) in [5.41, 5.74) is 1.23. The lowest BCUT2D eigenvalue weighted by Gasteiger charge is -2.08. The monoisotopic (exact) mass is 261 g/mol. The van der Waals surface area contributed by atoms with E-state index in [4.69, 9.17) is 4.74 Å². The van der Waals surface area contributed by atoms with Gasteiger partial charge in [-0.05, 0) is 30.3 Å². The second kappa shape index (κ2) is 5.95. The highest BCUT2D eigenvalue weighted by Gasteiger charge is 2.04. The van der Waals surface area contributed by atoms with Crippen molar-refractivity contribution in [2.24, 2.45) is 0 Å². The molecular formula is C14H12FNO3. The summed E-state index contributed by atoms with van der Waals surface area (Å²) in [6.07, 6.45) is 2.23. The molecule has 1 aromatic heterocycles. The van der Waals surface area contributed by atoms with Crippen LogP contribution in [0.1, 0.15) is 11.1 Å². The van der Waals surface area contributed by atoms with E-state index in [9.17, 15) is 14.3 Å². The summed E-state index contributed by atoms with van der Waals surface area (Å²) in [6.45, 7) is 0.235. The van der Waals surface area contributed by atoms with Crippen LogP contribution in [0.4, 0.5) is 4.39 Å². The van der Waals surface area contributed by atoms with E-state index in [0.717, 1.165) is 5.56 Å². The van der Waals surface area contributed by atoms with Crippen LogP contribution in [-0.4, -0.2) is 16.4 Å². The van der Waals surface area contributed by atoms with Crippen LogP contribution >= 0.6 is 0 Å². The van der Waals surface area contributed by atoms with Crippen molar-refractivity contribution in [1.82, 2.24) is 4.98 Å². The third kappa shape index (κ3) is 3.51. The molecule has 1 heterocycles. The van der Waals surface area contributed by atoms with E-state index in [1.54, 1.807) is 18.2 Å². The molecule has 0 saturated carbocycles.